The molecule has 2 heterocycles. The fraction of sp³-hybridized carbons (Fsp3) is 0.214. The van der Waals surface area contributed by atoms with Crippen molar-refractivity contribution < 1.29 is 0 Å². The van der Waals surface area contributed by atoms with Gasteiger partial charge >= 0.3 is 0 Å². The van der Waals surface area contributed by atoms with E-state index in [9.17, 15) is 0 Å². The van der Waals surface area contributed by atoms with Gasteiger partial charge in [0.15, 0.2) is 0 Å². The molecule has 3 rings (SSSR count). The lowest BCUT2D eigenvalue weighted by atomic mass is 10.1. The Morgan fingerprint density at radius 3 is 2.70 bits per heavy atom. The molecule has 0 aliphatic carbocycles. The van der Waals surface area contributed by atoms with Gasteiger partial charge in [-0.1, -0.05) is 30.7 Å². The smallest absolute Gasteiger partial charge is 0.255 e. The van der Waals surface area contributed by atoms with Crippen molar-refractivity contribution in [2.75, 3.05) is 5.32 Å². The number of rotatable bonds is 3. The highest BCUT2D eigenvalue weighted by Crippen LogP contribution is 2.25. The standard InChI is InChI=1S/C14H14ClN5/c1-3-10-4-6-11(7-5-10)18-13-9(2)12(15)19-14-16-8-17-20(13)14/h4-8,18H,3H2,1-2H3. The molecule has 3 aromatic rings. The van der Waals surface area contributed by atoms with Crippen LogP contribution in [-0.2, 0) is 6.42 Å². The highest BCUT2D eigenvalue weighted by molar-refractivity contribution is 6.30. The molecule has 6 heteroatoms. The lowest BCUT2D eigenvalue weighted by Crippen LogP contribution is -2.05. The van der Waals surface area contributed by atoms with Gasteiger partial charge in [-0.15, -0.1) is 0 Å². The van der Waals surface area contributed by atoms with Crippen LogP contribution in [0.4, 0.5) is 11.5 Å². The molecule has 0 radical (unpaired) electrons. The van der Waals surface area contributed by atoms with Crippen molar-refractivity contribution >= 4 is 28.9 Å². The maximum absolute atomic E-state index is 6.13. The first kappa shape index (κ1) is 12.9. The molecular weight excluding hydrogens is 274 g/mol. The monoisotopic (exact) mass is 287 g/mol. The largest absolute Gasteiger partial charge is 0.340 e. The number of fused-ring (bicyclic) bond motifs is 1. The molecule has 0 amide bonds. The van der Waals surface area contributed by atoms with E-state index in [-0.39, 0.29) is 0 Å². The topological polar surface area (TPSA) is 55.1 Å². The molecule has 1 N–H and O–H groups in total. The molecule has 0 unspecified atom stereocenters. The number of hydrogen-bond acceptors (Lipinski definition) is 4. The summed E-state index contributed by atoms with van der Waals surface area (Å²) in [5.41, 5.74) is 3.11. The second-order valence-corrected chi connectivity index (χ2v) is 4.88. The minimum atomic E-state index is 0.429. The molecule has 20 heavy (non-hydrogen) atoms. The third kappa shape index (κ3) is 2.20. The number of aromatic nitrogens is 4. The van der Waals surface area contributed by atoms with Crippen LogP contribution in [0.1, 0.15) is 18.1 Å². The van der Waals surface area contributed by atoms with Crippen LogP contribution >= 0.6 is 11.6 Å². The number of nitrogens with one attached hydrogen (secondary N) is 1. The first-order chi connectivity index (χ1) is 9.69. The van der Waals surface area contributed by atoms with Gasteiger partial charge in [-0.3, -0.25) is 0 Å². The molecule has 0 atom stereocenters. The average molecular weight is 288 g/mol. The van der Waals surface area contributed by atoms with Gasteiger partial charge < -0.3 is 5.32 Å². The van der Waals surface area contributed by atoms with Crippen LogP contribution in [0, 0.1) is 6.92 Å². The Morgan fingerprint density at radius 2 is 2.00 bits per heavy atom. The van der Waals surface area contributed by atoms with E-state index in [0.29, 0.717) is 10.9 Å². The minimum absolute atomic E-state index is 0.429. The molecule has 0 spiro atoms. The fourth-order valence-corrected chi connectivity index (χ4v) is 2.17. The quantitative estimate of drug-likeness (QED) is 0.750. The second-order valence-electron chi connectivity index (χ2n) is 4.52. The van der Waals surface area contributed by atoms with Gasteiger partial charge in [0, 0.05) is 11.3 Å². The summed E-state index contributed by atoms with van der Waals surface area (Å²) >= 11 is 6.13. The predicted molar refractivity (Wildman–Crippen MR) is 79.6 cm³/mol. The van der Waals surface area contributed by atoms with Gasteiger partial charge in [-0.2, -0.15) is 19.6 Å². The van der Waals surface area contributed by atoms with Gasteiger partial charge in [-0.25, -0.2) is 0 Å². The molecule has 0 aliphatic rings. The molecule has 1 aromatic carbocycles. The van der Waals surface area contributed by atoms with E-state index in [1.807, 2.05) is 19.1 Å². The SMILES string of the molecule is CCc1ccc(Nc2c(C)c(Cl)nc3ncnn23)cc1. The van der Waals surface area contributed by atoms with Crippen molar-refractivity contribution in [1.82, 2.24) is 19.6 Å². The molecule has 0 aliphatic heterocycles. The molecule has 0 saturated carbocycles. The third-order valence-electron chi connectivity index (χ3n) is 3.23. The Kier molecular flexibility index (Phi) is 3.28. The molecule has 5 nitrogen and oxygen atoms in total. The Balaban J connectivity index is 2.04. The Labute approximate surface area is 121 Å². The van der Waals surface area contributed by atoms with Crippen LogP contribution in [0.15, 0.2) is 30.6 Å². The number of aryl methyl sites for hydroxylation is 1. The first-order valence-electron chi connectivity index (χ1n) is 6.41. The second kappa shape index (κ2) is 5.09. The molecule has 0 fully saturated rings. The van der Waals surface area contributed by atoms with Gasteiger partial charge in [0.05, 0.1) is 0 Å². The van der Waals surface area contributed by atoms with Crippen LogP contribution in [0.3, 0.4) is 0 Å². The summed E-state index contributed by atoms with van der Waals surface area (Å²) in [6.07, 6.45) is 2.48. The Morgan fingerprint density at radius 1 is 1.25 bits per heavy atom. The van der Waals surface area contributed by atoms with Crippen molar-refractivity contribution in [1.29, 1.82) is 0 Å². The summed E-state index contributed by atoms with van der Waals surface area (Å²) in [6, 6.07) is 8.27. The zero-order valence-electron chi connectivity index (χ0n) is 11.3. The summed E-state index contributed by atoms with van der Waals surface area (Å²) in [5.74, 6) is 1.26. The molecule has 0 saturated heterocycles. The van der Waals surface area contributed by atoms with Gasteiger partial charge in [0.1, 0.15) is 17.3 Å². The Bertz CT molecular complexity index is 748. The summed E-state index contributed by atoms with van der Waals surface area (Å²) < 4.78 is 1.65. The summed E-state index contributed by atoms with van der Waals surface area (Å²) in [6.45, 7) is 4.04. The van der Waals surface area contributed by atoms with Gasteiger partial charge in [0.2, 0.25) is 0 Å². The van der Waals surface area contributed by atoms with E-state index in [1.165, 1.54) is 11.9 Å². The maximum atomic E-state index is 6.13. The van der Waals surface area contributed by atoms with Crippen molar-refractivity contribution in [3.8, 4) is 0 Å². The lowest BCUT2D eigenvalue weighted by molar-refractivity contribution is 0.936. The average Bonchev–Trinajstić information content (AvgIpc) is 2.92. The van der Waals surface area contributed by atoms with Crippen LogP contribution in [0.25, 0.3) is 5.78 Å². The van der Waals surface area contributed by atoms with E-state index < -0.39 is 0 Å². The highest BCUT2D eigenvalue weighted by atomic mass is 35.5. The number of nitrogens with zero attached hydrogens (tertiary/aromatic N) is 4. The number of anilines is 2. The summed E-state index contributed by atoms with van der Waals surface area (Å²) in [4.78, 5) is 8.25. The maximum Gasteiger partial charge on any atom is 0.255 e. The lowest BCUT2D eigenvalue weighted by Gasteiger charge is -2.12. The van der Waals surface area contributed by atoms with Crippen LogP contribution in [-0.4, -0.2) is 19.6 Å². The van der Waals surface area contributed by atoms with Crippen molar-refractivity contribution in [2.45, 2.75) is 20.3 Å². The van der Waals surface area contributed by atoms with E-state index in [4.69, 9.17) is 11.6 Å². The van der Waals surface area contributed by atoms with Crippen molar-refractivity contribution in [3.63, 3.8) is 0 Å². The molecule has 102 valence electrons. The zero-order valence-corrected chi connectivity index (χ0v) is 12.0. The first-order valence-corrected chi connectivity index (χ1v) is 6.78. The van der Waals surface area contributed by atoms with Crippen molar-refractivity contribution in [2.24, 2.45) is 0 Å². The van der Waals surface area contributed by atoms with E-state index in [1.54, 1.807) is 4.52 Å². The zero-order chi connectivity index (χ0) is 14.1. The fourth-order valence-electron chi connectivity index (χ4n) is 2.00. The predicted octanol–water partition coefficient (Wildman–Crippen LogP) is 3.39. The minimum Gasteiger partial charge on any atom is -0.340 e. The van der Waals surface area contributed by atoms with E-state index in [0.717, 1.165) is 23.5 Å². The number of hydrogen-bond donors (Lipinski definition) is 1. The van der Waals surface area contributed by atoms with Gasteiger partial charge in [0.25, 0.3) is 5.78 Å². The van der Waals surface area contributed by atoms with Crippen LogP contribution in [0.5, 0.6) is 0 Å². The third-order valence-corrected chi connectivity index (χ3v) is 3.60. The highest BCUT2D eigenvalue weighted by Gasteiger charge is 2.12. The number of halogens is 1. The van der Waals surface area contributed by atoms with E-state index in [2.05, 4.69) is 39.4 Å². The Hall–Kier alpha value is -2.14. The number of benzene rings is 1. The van der Waals surface area contributed by atoms with Gasteiger partial charge in [-0.05, 0) is 31.0 Å². The van der Waals surface area contributed by atoms with Crippen molar-refractivity contribution in [3.05, 3.63) is 46.9 Å². The molecule has 2 aromatic heterocycles. The molecular formula is C14H14ClN5. The normalized spacial score (nSPS) is 10.9. The molecule has 0 bridgehead atoms. The van der Waals surface area contributed by atoms with Crippen LogP contribution in [0.2, 0.25) is 5.15 Å². The summed E-state index contributed by atoms with van der Waals surface area (Å²) in [5, 5.41) is 7.93. The summed E-state index contributed by atoms with van der Waals surface area (Å²) in [7, 11) is 0. The van der Waals surface area contributed by atoms with E-state index >= 15 is 0 Å². The van der Waals surface area contributed by atoms with Crippen LogP contribution < -0.4 is 5.32 Å².